The number of ether oxygens (including phenoxy) is 2. The van der Waals surface area contributed by atoms with Crippen molar-refractivity contribution in [3.05, 3.63) is 0 Å². The summed E-state index contributed by atoms with van der Waals surface area (Å²) in [5, 5.41) is 0. The molecular formula is C47H93NO4. The van der Waals surface area contributed by atoms with Gasteiger partial charge >= 0.3 is 11.9 Å². The van der Waals surface area contributed by atoms with Crippen molar-refractivity contribution >= 4 is 11.9 Å². The van der Waals surface area contributed by atoms with Gasteiger partial charge in [-0.3, -0.25) is 9.59 Å². The molecule has 5 nitrogen and oxygen atoms in total. The van der Waals surface area contributed by atoms with Gasteiger partial charge < -0.3 is 14.4 Å². The van der Waals surface area contributed by atoms with Crippen LogP contribution in [0, 0.1) is 0 Å². The van der Waals surface area contributed by atoms with E-state index in [9.17, 15) is 9.59 Å². The predicted molar refractivity (Wildman–Crippen MR) is 226 cm³/mol. The fourth-order valence-electron chi connectivity index (χ4n) is 7.47. The van der Waals surface area contributed by atoms with Crippen LogP contribution in [0.15, 0.2) is 0 Å². The Bertz CT molecular complexity index is 752. The molecule has 0 bridgehead atoms. The highest BCUT2D eigenvalue weighted by Crippen LogP contribution is 2.22. The van der Waals surface area contributed by atoms with Gasteiger partial charge in [-0.15, -0.1) is 0 Å². The minimum atomic E-state index is -0.332. The maximum absolute atomic E-state index is 12.7. The molecule has 0 spiro atoms. The number of unbranched alkanes of at least 4 members (excludes halogenated alkanes) is 23. The quantitative estimate of drug-likeness (QED) is 0.0462. The summed E-state index contributed by atoms with van der Waals surface area (Å²) in [6, 6.07) is 0. The first kappa shape index (κ1) is 50.9. The van der Waals surface area contributed by atoms with E-state index in [4.69, 9.17) is 9.47 Å². The molecule has 0 aliphatic carbocycles. The molecule has 0 aromatic heterocycles. The van der Waals surface area contributed by atoms with Crippen molar-refractivity contribution in [3.8, 4) is 0 Å². The summed E-state index contributed by atoms with van der Waals surface area (Å²) in [6.07, 6.45) is 40.3. The summed E-state index contributed by atoms with van der Waals surface area (Å²) in [7, 11) is 0. The van der Waals surface area contributed by atoms with E-state index >= 15 is 0 Å². The molecule has 0 aromatic carbocycles. The van der Waals surface area contributed by atoms with Gasteiger partial charge in [0.25, 0.3) is 0 Å². The molecule has 310 valence electrons. The van der Waals surface area contributed by atoms with Gasteiger partial charge in [-0.25, -0.2) is 0 Å². The first-order chi connectivity index (χ1) is 25.3. The second kappa shape index (κ2) is 38.2. The maximum atomic E-state index is 12.7. The Balaban J connectivity index is 4.05. The highest BCUT2D eigenvalue weighted by atomic mass is 16.6. The average Bonchev–Trinajstić information content (AvgIpc) is 3.11. The summed E-state index contributed by atoms with van der Waals surface area (Å²) < 4.78 is 11.9. The van der Waals surface area contributed by atoms with E-state index in [1.54, 1.807) is 0 Å². The number of hydrogen-bond donors (Lipinski definition) is 0. The van der Waals surface area contributed by atoms with Gasteiger partial charge in [0.1, 0.15) is 11.7 Å². The Morgan fingerprint density at radius 2 is 0.827 bits per heavy atom. The molecule has 5 heteroatoms. The Morgan fingerprint density at radius 3 is 1.29 bits per heavy atom. The Morgan fingerprint density at radius 1 is 0.442 bits per heavy atom. The normalized spacial score (nSPS) is 11.9. The van der Waals surface area contributed by atoms with Gasteiger partial charge in [0, 0.05) is 12.8 Å². The lowest BCUT2D eigenvalue weighted by Crippen LogP contribution is -2.28. The summed E-state index contributed by atoms with van der Waals surface area (Å²) in [5.41, 5.74) is -0.332. The fraction of sp³-hybridized carbons (Fsp3) is 0.957. The van der Waals surface area contributed by atoms with Gasteiger partial charge in [-0.2, -0.15) is 0 Å². The van der Waals surface area contributed by atoms with Crippen molar-refractivity contribution < 1.29 is 19.1 Å². The molecule has 0 aliphatic rings. The average molecular weight is 736 g/mol. The zero-order chi connectivity index (χ0) is 38.4. The fourth-order valence-corrected chi connectivity index (χ4v) is 7.47. The highest BCUT2D eigenvalue weighted by molar-refractivity contribution is 5.70. The van der Waals surface area contributed by atoms with Crippen LogP contribution in [0.1, 0.15) is 260 Å². The van der Waals surface area contributed by atoms with Gasteiger partial charge in [-0.1, -0.05) is 163 Å². The van der Waals surface area contributed by atoms with Gasteiger partial charge in [0.15, 0.2) is 0 Å². The standard InChI is InChI=1S/C47H93NO4/c1-7-11-14-17-22-29-36-44(37-30-23-18-15-12-8-2)51-45(49)38-31-24-20-27-34-42-48(41-10-4)43-35-28-21-25-32-39-46(50)52-47(5,6)40-33-26-19-16-13-9-3/h44H,7-43H2,1-6H3. The molecule has 0 unspecified atom stereocenters. The number of esters is 2. The molecule has 0 fully saturated rings. The minimum Gasteiger partial charge on any atom is -0.462 e. The molecule has 0 N–H and O–H groups in total. The molecule has 0 rings (SSSR count). The summed E-state index contributed by atoms with van der Waals surface area (Å²) >= 11 is 0. The van der Waals surface area contributed by atoms with Crippen molar-refractivity contribution in [2.24, 2.45) is 0 Å². The van der Waals surface area contributed by atoms with Crippen LogP contribution in [0.2, 0.25) is 0 Å². The van der Waals surface area contributed by atoms with E-state index < -0.39 is 0 Å². The smallest absolute Gasteiger partial charge is 0.306 e. The van der Waals surface area contributed by atoms with Gasteiger partial charge in [-0.05, 0) is 104 Å². The van der Waals surface area contributed by atoms with Crippen LogP contribution in [0.3, 0.4) is 0 Å². The third kappa shape index (κ3) is 35.9. The van der Waals surface area contributed by atoms with Crippen molar-refractivity contribution in [2.75, 3.05) is 19.6 Å². The van der Waals surface area contributed by atoms with Gasteiger partial charge in [0.05, 0.1) is 0 Å². The first-order valence-corrected chi connectivity index (χ1v) is 23.4. The molecular weight excluding hydrogens is 643 g/mol. The lowest BCUT2D eigenvalue weighted by atomic mass is 9.99. The lowest BCUT2D eigenvalue weighted by molar-refractivity contribution is -0.157. The molecule has 0 amide bonds. The van der Waals surface area contributed by atoms with E-state index in [0.717, 1.165) is 51.4 Å². The van der Waals surface area contributed by atoms with Crippen molar-refractivity contribution in [2.45, 2.75) is 272 Å². The number of hydrogen-bond acceptors (Lipinski definition) is 5. The van der Waals surface area contributed by atoms with E-state index in [-0.39, 0.29) is 23.6 Å². The predicted octanol–water partition coefficient (Wildman–Crippen LogP) is 14.9. The summed E-state index contributed by atoms with van der Waals surface area (Å²) in [4.78, 5) is 27.8. The second-order valence-electron chi connectivity index (χ2n) is 16.9. The highest BCUT2D eigenvalue weighted by Gasteiger charge is 2.22. The van der Waals surface area contributed by atoms with E-state index in [1.165, 1.54) is 174 Å². The first-order valence-electron chi connectivity index (χ1n) is 23.4. The van der Waals surface area contributed by atoms with Crippen LogP contribution in [-0.4, -0.2) is 48.2 Å². The molecule has 0 atom stereocenters. The van der Waals surface area contributed by atoms with E-state index in [1.807, 2.05) is 0 Å². The number of carbonyl (C=O) groups is 2. The van der Waals surface area contributed by atoms with Crippen LogP contribution in [0.25, 0.3) is 0 Å². The largest absolute Gasteiger partial charge is 0.462 e. The van der Waals surface area contributed by atoms with Crippen LogP contribution in [0.5, 0.6) is 0 Å². The van der Waals surface area contributed by atoms with Crippen LogP contribution >= 0.6 is 0 Å². The van der Waals surface area contributed by atoms with Crippen molar-refractivity contribution in [3.63, 3.8) is 0 Å². The number of nitrogens with zero attached hydrogens (tertiary/aromatic N) is 1. The minimum absolute atomic E-state index is 0.0173. The van der Waals surface area contributed by atoms with Crippen molar-refractivity contribution in [1.29, 1.82) is 0 Å². The third-order valence-corrected chi connectivity index (χ3v) is 10.8. The van der Waals surface area contributed by atoms with Crippen LogP contribution in [0.4, 0.5) is 0 Å². The molecule has 0 aromatic rings. The Hall–Kier alpha value is -1.10. The number of rotatable bonds is 41. The molecule has 0 radical (unpaired) electrons. The zero-order valence-corrected chi connectivity index (χ0v) is 36.3. The van der Waals surface area contributed by atoms with Crippen LogP contribution in [-0.2, 0) is 19.1 Å². The molecule has 52 heavy (non-hydrogen) atoms. The van der Waals surface area contributed by atoms with E-state index in [0.29, 0.717) is 12.8 Å². The summed E-state index contributed by atoms with van der Waals surface area (Å²) in [6.45, 7) is 16.8. The second-order valence-corrected chi connectivity index (χ2v) is 16.9. The lowest BCUT2D eigenvalue weighted by Gasteiger charge is -2.25. The number of carbonyl (C=O) groups excluding carboxylic acids is 2. The molecule has 0 saturated carbocycles. The zero-order valence-electron chi connectivity index (χ0n) is 36.3. The monoisotopic (exact) mass is 736 g/mol. The van der Waals surface area contributed by atoms with Crippen LogP contribution < -0.4 is 0 Å². The maximum Gasteiger partial charge on any atom is 0.306 e. The summed E-state index contributed by atoms with van der Waals surface area (Å²) in [5.74, 6) is 0.0232. The molecule has 0 aliphatic heterocycles. The third-order valence-electron chi connectivity index (χ3n) is 10.8. The molecule has 0 saturated heterocycles. The Labute approximate surface area is 326 Å². The Kier molecular flexibility index (Phi) is 37.4. The van der Waals surface area contributed by atoms with Crippen molar-refractivity contribution in [1.82, 2.24) is 4.90 Å². The van der Waals surface area contributed by atoms with Gasteiger partial charge in [0.2, 0.25) is 0 Å². The molecule has 0 heterocycles. The SMILES string of the molecule is CCCCCCCCC(CCCCCCCC)OC(=O)CCCCCCCN(CCC)CCCCCCCC(=O)OC(C)(C)CCCCCCCC. The topological polar surface area (TPSA) is 55.8 Å². The van der Waals surface area contributed by atoms with E-state index in [2.05, 4.69) is 46.4 Å².